The second kappa shape index (κ2) is 18.2. The molecular weight excluding hydrogens is 560 g/mol. The summed E-state index contributed by atoms with van der Waals surface area (Å²) in [7, 11) is 0. The molecule has 162 valence electrons. The lowest BCUT2D eigenvalue weighted by atomic mass is 9.98. The zero-order valence-electron chi connectivity index (χ0n) is 16.3. The van der Waals surface area contributed by atoms with Crippen LogP contribution in [0.2, 0.25) is 0 Å². The van der Waals surface area contributed by atoms with Crippen LogP contribution in [-0.4, -0.2) is 75.5 Å². The number of alkyl halides is 3. The topological polar surface area (TPSA) is 46.2 Å². The first kappa shape index (κ1) is 26.5. The monoisotopic (exact) mass is 588 g/mol. The first-order chi connectivity index (χ1) is 13.8. The Morgan fingerprint density at radius 3 is 1.46 bits per heavy atom. The van der Waals surface area contributed by atoms with Crippen molar-refractivity contribution in [3.8, 4) is 0 Å². The molecule has 1 aromatic carbocycles. The Morgan fingerprint density at radius 1 is 0.571 bits per heavy atom. The standard InChI is InChI=1S/C20H31Br3O5/c21-15-20(16-22,17-23)18-28-13-11-26-9-7-24-6-8-25-10-12-27-14-19-4-2-1-3-5-19/h1-5H,6-18H2. The summed E-state index contributed by atoms with van der Waals surface area (Å²) in [6.07, 6.45) is 0. The number of halogens is 3. The van der Waals surface area contributed by atoms with Gasteiger partial charge in [-0.05, 0) is 5.56 Å². The zero-order valence-corrected chi connectivity index (χ0v) is 21.0. The molecule has 0 unspecified atom stereocenters. The van der Waals surface area contributed by atoms with Crippen LogP contribution in [0.15, 0.2) is 30.3 Å². The first-order valence-electron chi connectivity index (χ1n) is 9.37. The summed E-state index contributed by atoms with van der Waals surface area (Å²) in [5.74, 6) is 0. The molecule has 0 saturated carbocycles. The molecule has 28 heavy (non-hydrogen) atoms. The average Bonchev–Trinajstić information content (AvgIpc) is 2.75. The Labute approximate surface area is 194 Å². The van der Waals surface area contributed by atoms with Gasteiger partial charge in [0.2, 0.25) is 0 Å². The van der Waals surface area contributed by atoms with E-state index in [1.54, 1.807) is 0 Å². The lowest BCUT2D eigenvalue weighted by Gasteiger charge is -2.27. The van der Waals surface area contributed by atoms with Crippen molar-refractivity contribution in [1.29, 1.82) is 0 Å². The summed E-state index contributed by atoms with van der Waals surface area (Å²) in [6.45, 7) is 5.84. The molecule has 8 heteroatoms. The maximum absolute atomic E-state index is 5.70. The molecule has 0 aliphatic carbocycles. The van der Waals surface area contributed by atoms with Crippen LogP contribution >= 0.6 is 47.8 Å². The van der Waals surface area contributed by atoms with Crippen LogP contribution in [0.1, 0.15) is 5.56 Å². The van der Waals surface area contributed by atoms with Crippen LogP contribution in [0.5, 0.6) is 0 Å². The van der Waals surface area contributed by atoms with Gasteiger partial charge in [0.25, 0.3) is 0 Å². The Balaban J connectivity index is 1.79. The summed E-state index contributed by atoms with van der Waals surface area (Å²) in [5, 5.41) is 2.64. The third kappa shape index (κ3) is 12.9. The molecule has 0 aromatic heterocycles. The van der Waals surface area contributed by atoms with E-state index in [0.717, 1.165) is 16.0 Å². The van der Waals surface area contributed by atoms with Crippen molar-refractivity contribution in [3.63, 3.8) is 0 Å². The fraction of sp³-hybridized carbons (Fsp3) is 0.700. The number of hydrogen-bond donors (Lipinski definition) is 0. The highest BCUT2D eigenvalue weighted by Gasteiger charge is 2.26. The van der Waals surface area contributed by atoms with Crippen molar-refractivity contribution < 1.29 is 23.7 Å². The Kier molecular flexibility index (Phi) is 17.3. The smallest absolute Gasteiger partial charge is 0.0718 e. The van der Waals surface area contributed by atoms with Gasteiger partial charge < -0.3 is 23.7 Å². The molecule has 1 rings (SSSR count). The molecule has 0 N–H and O–H groups in total. The van der Waals surface area contributed by atoms with E-state index in [1.807, 2.05) is 30.3 Å². The normalized spacial score (nSPS) is 11.8. The van der Waals surface area contributed by atoms with Crippen molar-refractivity contribution in [1.82, 2.24) is 0 Å². The molecule has 0 bridgehead atoms. The van der Waals surface area contributed by atoms with Crippen molar-refractivity contribution in [2.24, 2.45) is 5.41 Å². The minimum atomic E-state index is 0.0791. The highest BCUT2D eigenvalue weighted by Crippen LogP contribution is 2.26. The third-order valence-corrected chi connectivity index (χ3v) is 7.43. The van der Waals surface area contributed by atoms with Gasteiger partial charge in [0.15, 0.2) is 0 Å². The van der Waals surface area contributed by atoms with E-state index in [-0.39, 0.29) is 5.41 Å². The van der Waals surface area contributed by atoms with Crippen LogP contribution in [0, 0.1) is 5.41 Å². The Hall–Kier alpha value is 0.460. The molecule has 0 aliphatic rings. The Morgan fingerprint density at radius 2 is 1.00 bits per heavy atom. The molecule has 1 aromatic rings. The highest BCUT2D eigenvalue weighted by atomic mass is 79.9. The van der Waals surface area contributed by atoms with E-state index in [1.165, 1.54) is 5.56 Å². The number of hydrogen-bond acceptors (Lipinski definition) is 5. The van der Waals surface area contributed by atoms with Gasteiger partial charge >= 0.3 is 0 Å². The van der Waals surface area contributed by atoms with Crippen molar-refractivity contribution in [3.05, 3.63) is 35.9 Å². The summed E-state index contributed by atoms with van der Waals surface area (Å²) >= 11 is 10.6. The Bertz CT molecular complexity index is 452. The van der Waals surface area contributed by atoms with Gasteiger partial charge in [-0.25, -0.2) is 0 Å². The van der Waals surface area contributed by atoms with Crippen LogP contribution in [0.3, 0.4) is 0 Å². The number of rotatable bonds is 19. The lowest BCUT2D eigenvalue weighted by molar-refractivity contribution is -0.0169. The van der Waals surface area contributed by atoms with Gasteiger partial charge in [0, 0.05) is 21.4 Å². The molecule has 0 aliphatic heterocycles. The van der Waals surface area contributed by atoms with E-state index in [0.29, 0.717) is 66.1 Å². The van der Waals surface area contributed by atoms with Crippen LogP contribution < -0.4 is 0 Å². The van der Waals surface area contributed by atoms with E-state index in [4.69, 9.17) is 23.7 Å². The SMILES string of the molecule is BrCC(CBr)(CBr)COCCOCCOCCOCCOCc1ccccc1. The highest BCUT2D eigenvalue weighted by molar-refractivity contribution is 9.10. The van der Waals surface area contributed by atoms with E-state index >= 15 is 0 Å². The van der Waals surface area contributed by atoms with Crippen LogP contribution in [0.4, 0.5) is 0 Å². The molecular formula is C20H31Br3O5. The fourth-order valence-electron chi connectivity index (χ4n) is 2.05. The van der Waals surface area contributed by atoms with Gasteiger partial charge in [-0.2, -0.15) is 0 Å². The zero-order chi connectivity index (χ0) is 20.3. The molecule has 0 fully saturated rings. The second-order valence-electron chi connectivity index (χ2n) is 6.33. The van der Waals surface area contributed by atoms with Crippen molar-refractivity contribution in [2.75, 3.05) is 75.5 Å². The van der Waals surface area contributed by atoms with Crippen molar-refractivity contribution in [2.45, 2.75) is 6.61 Å². The van der Waals surface area contributed by atoms with E-state index in [9.17, 15) is 0 Å². The fourth-order valence-corrected chi connectivity index (χ4v) is 5.32. The van der Waals surface area contributed by atoms with E-state index in [2.05, 4.69) is 47.8 Å². The van der Waals surface area contributed by atoms with Crippen LogP contribution in [-0.2, 0) is 30.3 Å². The summed E-state index contributed by atoms with van der Waals surface area (Å²) < 4.78 is 27.7. The predicted octanol–water partition coefficient (Wildman–Crippen LogP) is 4.44. The van der Waals surface area contributed by atoms with Gasteiger partial charge in [0.05, 0.1) is 66.1 Å². The maximum atomic E-state index is 5.70. The largest absolute Gasteiger partial charge is 0.378 e. The quantitative estimate of drug-likeness (QED) is 0.176. The second-order valence-corrected chi connectivity index (χ2v) is 8.01. The predicted molar refractivity (Wildman–Crippen MR) is 123 cm³/mol. The van der Waals surface area contributed by atoms with Gasteiger partial charge in [-0.1, -0.05) is 78.1 Å². The molecule has 0 spiro atoms. The third-order valence-electron chi connectivity index (χ3n) is 3.86. The molecule has 5 nitrogen and oxygen atoms in total. The lowest BCUT2D eigenvalue weighted by Crippen LogP contribution is -2.33. The average molecular weight is 591 g/mol. The summed E-state index contributed by atoms with van der Waals surface area (Å²) in [5.41, 5.74) is 1.25. The molecule has 0 amide bonds. The molecule has 0 radical (unpaired) electrons. The first-order valence-corrected chi connectivity index (χ1v) is 12.7. The van der Waals surface area contributed by atoms with Gasteiger partial charge in [-0.15, -0.1) is 0 Å². The maximum Gasteiger partial charge on any atom is 0.0718 e. The number of benzene rings is 1. The summed E-state index contributed by atoms with van der Waals surface area (Å²) in [6, 6.07) is 10.1. The molecule has 0 saturated heterocycles. The minimum absolute atomic E-state index is 0.0791. The van der Waals surface area contributed by atoms with Gasteiger partial charge in [-0.3, -0.25) is 0 Å². The summed E-state index contributed by atoms with van der Waals surface area (Å²) in [4.78, 5) is 0. The molecule has 0 heterocycles. The van der Waals surface area contributed by atoms with Gasteiger partial charge in [0.1, 0.15) is 0 Å². The van der Waals surface area contributed by atoms with E-state index < -0.39 is 0 Å². The minimum Gasteiger partial charge on any atom is -0.378 e. The number of ether oxygens (including phenoxy) is 5. The molecule has 0 atom stereocenters. The van der Waals surface area contributed by atoms with Crippen LogP contribution in [0.25, 0.3) is 0 Å². The van der Waals surface area contributed by atoms with Crippen molar-refractivity contribution >= 4 is 47.8 Å².